The van der Waals surface area contributed by atoms with Gasteiger partial charge in [-0.3, -0.25) is 4.79 Å². The third kappa shape index (κ3) is 4.86. The number of carboxylic acid groups (broad SMARTS) is 1. The van der Waals surface area contributed by atoms with E-state index in [4.69, 9.17) is 5.11 Å². The number of amides is 2. The number of aryl methyl sites for hydroxylation is 1. The molecule has 3 N–H and O–H groups in total. The van der Waals surface area contributed by atoms with Gasteiger partial charge in [-0.25, -0.2) is 4.79 Å². The Morgan fingerprint density at radius 3 is 2.82 bits per heavy atom. The normalized spacial score (nSPS) is 9.94. The number of rotatable bonds is 6. The SMILES string of the molecule is CCc1ccsc1CNC(=O)NCCC(=O)O. The molecule has 0 aliphatic carbocycles. The Balaban J connectivity index is 2.26. The standard InChI is InChI=1S/C11H16N2O3S/c1-2-8-4-6-17-9(8)7-13-11(16)12-5-3-10(14)15/h4,6H,2-3,5,7H2,1H3,(H,14,15)(H2,12,13,16). The van der Waals surface area contributed by atoms with Gasteiger partial charge in [0.1, 0.15) is 0 Å². The first-order valence-electron chi connectivity index (χ1n) is 5.42. The molecule has 1 heterocycles. The Labute approximate surface area is 104 Å². The van der Waals surface area contributed by atoms with Crippen LogP contribution in [0.2, 0.25) is 0 Å². The van der Waals surface area contributed by atoms with E-state index in [1.807, 2.05) is 11.4 Å². The van der Waals surface area contributed by atoms with Gasteiger partial charge in [-0.05, 0) is 23.4 Å². The Morgan fingerprint density at radius 1 is 1.41 bits per heavy atom. The molecule has 6 heteroatoms. The lowest BCUT2D eigenvalue weighted by molar-refractivity contribution is -0.136. The van der Waals surface area contributed by atoms with Gasteiger partial charge in [-0.2, -0.15) is 0 Å². The zero-order valence-corrected chi connectivity index (χ0v) is 10.5. The van der Waals surface area contributed by atoms with Gasteiger partial charge in [0.05, 0.1) is 13.0 Å². The predicted octanol–water partition coefficient (Wildman–Crippen LogP) is 1.58. The molecule has 0 bridgehead atoms. The van der Waals surface area contributed by atoms with Gasteiger partial charge in [0.2, 0.25) is 0 Å². The zero-order valence-electron chi connectivity index (χ0n) is 9.66. The minimum absolute atomic E-state index is 0.0629. The summed E-state index contributed by atoms with van der Waals surface area (Å²) in [4.78, 5) is 22.7. The summed E-state index contributed by atoms with van der Waals surface area (Å²) >= 11 is 1.61. The largest absolute Gasteiger partial charge is 0.481 e. The molecule has 0 saturated heterocycles. The van der Waals surface area contributed by atoms with Gasteiger partial charge >= 0.3 is 12.0 Å². The second kappa shape index (κ2) is 6.90. The number of thiophene rings is 1. The van der Waals surface area contributed by atoms with Gasteiger partial charge in [0, 0.05) is 11.4 Å². The third-order valence-electron chi connectivity index (χ3n) is 2.25. The van der Waals surface area contributed by atoms with Crippen LogP contribution in [-0.2, 0) is 17.8 Å². The van der Waals surface area contributed by atoms with E-state index >= 15 is 0 Å². The number of urea groups is 1. The molecule has 94 valence electrons. The Kier molecular flexibility index (Phi) is 5.48. The van der Waals surface area contributed by atoms with Crippen molar-refractivity contribution in [2.24, 2.45) is 0 Å². The molecule has 0 atom stereocenters. The van der Waals surface area contributed by atoms with Crippen molar-refractivity contribution in [1.82, 2.24) is 10.6 Å². The molecule has 2 amide bonds. The van der Waals surface area contributed by atoms with E-state index in [1.54, 1.807) is 11.3 Å². The van der Waals surface area contributed by atoms with E-state index < -0.39 is 5.97 Å². The fourth-order valence-corrected chi connectivity index (χ4v) is 2.26. The lowest BCUT2D eigenvalue weighted by Crippen LogP contribution is -2.36. The van der Waals surface area contributed by atoms with Crippen LogP contribution in [-0.4, -0.2) is 23.7 Å². The van der Waals surface area contributed by atoms with E-state index in [0.717, 1.165) is 11.3 Å². The lowest BCUT2D eigenvalue weighted by Gasteiger charge is -2.06. The second-order valence-corrected chi connectivity index (χ2v) is 4.48. The molecule has 0 aliphatic heterocycles. The number of carbonyl (C=O) groups is 2. The number of aliphatic carboxylic acids is 1. The van der Waals surface area contributed by atoms with Crippen LogP contribution in [0.4, 0.5) is 4.79 Å². The molecule has 0 aliphatic rings. The third-order valence-corrected chi connectivity index (χ3v) is 3.22. The molecular weight excluding hydrogens is 240 g/mol. The van der Waals surface area contributed by atoms with Crippen LogP contribution in [0.1, 0.15) is 23.8 Å². The van der Waals surface area contributed by atoms with Gasteiger partial charge in [-0.15, -0.1) is 11.3 Å². The van der Waals surface area contributed by atoms with Crippen molar-refractivity contribution >= 4 is 23.3 Å². The van der Waals surface area contributed by atoms with Gasteiger partial charge in [-0.1, -0.05) is 6.92 Å². The predicted molar refractivity (Wildman–Crippen MR) is 66.2 cm³/mol. The Hall–Kier alpha value is -1.56. The fraction of sp³-hybridized carbons (Fsp3) is 0.455. The molecule has 0 unspecified atom stereocenters. The van der Waals surface area contributed by atoms with Crippen LogP contribution in [0.15, 0.2) is 11.4 Å². The molecule has 17 heavy (non-hydrogen) atoms. The highest BCUT2D eigenvalue weighted by Gasteiger charge is 2.05. The van der Waals surface area contributed by atoms with Crippen LogP contribution < -0.4 is 10.6 Å². The van der Waals surface area contributed by atoms with E-state index in [-0.39, 0.29) is 19.0 Å². The average molecular weight is 256 g/mol. The summed E-state index contributed by atoms with van der Waals surface area (Å²) in [6.45, 7) is 2.70. The van der Waals surface area contributed by atoms with E-state index in [0.29, 0.717) is 6.54 Å². The van der Waals surface area contributed by atoms with Gasteiger partial charge in [0.15, 0.2) is 0 Å². The monoisotopic (exact) mass is 256 g/mol. The number of carbonyl (C=O) groups excluding carboxylic acids is 1. The Morgan fingerprint density at radius 2 is 2.18 bits per heavy atom. The summed E-state index contributed by atoms with van der Waals surface area (Å²) in [6, 6.07) is 1.71. The summed E-state index contributed by atoms with van der Waals surface area (Å²) in [5.74, 6) is -0.920. The van der Waals surface area contributed by atoms with Crippen molar-refractivity contribution in [3.05, 3.63) is 21.9 Å². The maximum atomic E-state index is 11.3. The minimum atomic E-state index is -0.920. The summed E-state index contributed by atoms with van der Waals surface area (Å²) < 4.78 is 0. The minimum Gasteiger partial charge on any atom is -0.481 e. The lowest BCUT2D eigenvalue weighted by atomic mass is 10.2. The number of hydrogen-bond acceptors (Lipinski definition) is 3. The van der Waals surface area contributed by atoms with Crippen molar-refractivity contribution in [3.8, 4) is 0 Å². The molecular formula is C11H16N2O3S. The fourth-order valence-electron chi connectivity index (χ4n) is 1.34. The summed E-state index contributed by atoms with van der Waals surface area (Å²) in [5, 5.41) is 15.6. The van der Waals surface area contributed by atoms with E-state index in [9.17, 15) is 9.59 Å². The molecule has 0 aromatic carbocycles. The first-order chi connectivity index (χ1) is 8.13. The highest BCUT2D eigenvalue weighted by Crippen LogP contribution is 2.16. The van der Waals surface area contributed by atoms with Crippen LogP contribution in [0.5, 0.6) is 0 Å². The van der Waals surface area contributed by atoms with E-state index in [2.05, 4.69) is 17.6 Å². The van der Waals surface area contributed by atoms with Crippen molar-refractivity contribution < 1.29 is 14.7 Å². The molecule has 0 fully saturated rings. The summed E-state index contributed by atoms with van der Waals surface area (Å²) in [5.41, 5.74) is 1.24. The second-order valence-electron chi connectivity index (χ2n) is 3.48. The van der Waals surface area contributed by atoms with Crippen molar-refractivity contribution in [3.63, 3.8) is 0 Å². The first-order valence-corrected chi connectivity index (χ1v) is 6.30. The summed E-state index contributed by atoms with van der Waals surface area (Å²) in [6.07, 6.45) is 0.883. The van der Waals surface area contributed by atoms with Gasteiger partial charge < -0.3 is 15.7 Å². The number of nitrogens with one attached hydrogen (secondary N) is 2. The molecule has 5 nitrogen and oxygen atoms in total. The molecule has 0 saturated carbocycles. The highest BCUT2D eigenvalue weighted by atomic mass is 32.1. The average Bonchev–Trinajstić information content (AvgIpc) is 2.73. The maximum absolute atomic E-state index is 11.3. The molecule has 1 rings (SSSR count). The maximum Gasteiger partial charge on any atom is 0.315 e. The molecule has 1 aromatic rings. The molecule has 1 aromatic heterocycles. The first kappa shape index (κ1) is 13.5. The zero-order chi connectivity index (χ0) is 12.7. The quantitative estimate of drug-likeness (QED) is 0.723. The highest BCUT2D eigenvalue weighted by molar-refractivity contribution is 7.10. The van der Waals surface area contributed by atoms with Crippen LogP contribution in [0, 0.1) is 0 Å². The van der Waals surface area contributed by atoms with Crippen LogP contribution in [0.3, 0.4) is 0 Å². The van der Waals surface area contributed by atoms with E-state index in [1.165, 1.54) is 5.56 Å². The van der Waals surface area contributed by atoms with Crippen LogP contribution in [0.25, 0.3) is 0 Å². The number of carboxylic acids is 1. The molecule has 0 radical (unpaired) electrons. The van der Waals surface area contributed by atoms with Crippen LogP contribution >= 0.6 is 11.3 Å². The Bertz CT molecular complexity index is 390. The summed E-state index contributed by atoms with van der Waals surface area (Å²) in [7, 11) is 0. The topological polar surface area (TPSA) is 78.4 Å². The van der Waals surface area contributed by atoms with Crippen molar-refractivity contribution in [1.29, 1.82) is 0 Å². The van der Waals surface area contributed by atoms with Crippen molar-refractivity contribution in [2.75, 3.05) is 6.54 Å². The van der Waals surface area contributed by atoms with Gasteiger partial charge in [0.25, 0.3) is 0 Å². The smallest absolute Gasteiger partial charge is 0.315 e. The van der Waals surface area contributed by atoms with Crippen molar-refractivity contribution in [2.45, 2.75) is 26.3 Å². The molecule has 0 spiro atoms. The number of hydrogen-bond donors (Lipinski definition) is 3.